The highest BCUT2D eigenvalue weighted by Crippen LogP contribution is 2.51. The molecule has 3 unspecified atom stereocenters. The Labute approximate surface area is 199 Å². The summed E-state index contributed by atoms with van der Waals surface area (Å²) in [4.78, 5) is 23.1. The van der Waals surface area contributed by atoms with Crippen molar-refractivity contribution in [1.29, 1.82) is 0 Å². The molecule has 0 bridgehead atoms. The molecule has 3 atom stereocenters. The lowest BCUT2D eigenvalue weighted by molar-refractivity contribution is -0.153. The van der Waals surface area contributed by atoms with Gasteiger partial charge in [0.25, 0.3) is 0 Å². The standard InChI is InChI=1S/C28H54O4/c1-6-9-10-16-19-22-28(23(4)7-2,24(5)8-3)25(27(31)32)20-17-14-12-11-13-15-18-21-26(29)30/h23-25H,6-22H2,1-5H3,(H,29,30)(H,31,32). The van der Waals surface area contributed by atoms with E-state index in [4.69, 9.17) is 5.11 Å². The van der Waals surface area contributed by atoms with Crippen molar-refractivity contribution in [3.05, 3.63) is 0 Å². The van der Waals surface area contributed by atoms with Gasteiger partial charge < -0.3 is 10.2 Å². The highest BCUT2D eigenvalue weighted by molar-refractivity contribution is 5.71. The fraction of sp³-hybridized carbons (Fsp3) is 0.929. The highest BCUT2D eigenvalue weighted by atomic mass is 16.4. The molecule has 0 aromatic carbocycles. The second kappa shape index (κ2) is 18.4. The molecule has 0 spiro atoms. The minimum absolute atomic E-state index is 0.113. The summed E-state index contributed by atoms with van der Waals surface area (Å²) in [5.74, 6) is -0.721. The predicted molar refractivity (Wildman–Crippen MR) is 135 cm³/mol. The van der Waals surface area contributed by atoms with Crippen molar-refractivity contribution in [2.75, 3.05) is 0 Å². The number of hydrogen-bond donors (Lipinski definition) is 2. The van der Waals surface area contributed by atoms with Crippen molar-refractivity contribution in [3.63, 3.8) is 0 Å². The van der Waals surface area contributed by atoms with Gasteiger partial charge in [0.2, 0.25) is 0 Å². The van der Waals surface area contributed by atoms with Crippen molar-refractivity contribution >= 4 is 11.9 Å². The molecule has 2 N–H and O–H groups in total. The van der Waals surface area contributed by atoms with E-state index >= 15 is 0 Å². The van der Waals surface area contributed by atoms with Crippen LogP contribution in [0.3, 0.4) is 0 Å². The molecule has 32 heavy (non-hydrogen) atoms. The van der Waals surface area contributed by atoms with E-state index < -0.39 is 11.9 Å². The summed E-state index contributed by atoms with van der Waals surface area (Å²) in [6, 6.07) is 0. The Hall–Kier alpha value is -1.06. The van der Waals surface area contributed by atoms with Gasteiger partial charge in [0.05, 0.1) is 5.92 Å². The van der Waals surface area contributed by atoms with Crippen molar-refractivity contribution in [1.82, 2.24) is 0 Å². The first kappa shape index (κ1) is 30.9. The molecular formula is C28H54O4. The van der Waals surface area contributed by atoms with Crippen LogP contribution in [0.15, 0.2) is 0 Å². The number of carboxylic acid groups (broad SMARTS) is 2. The van der Waals surface area contributed by atoms with Crippen LogP contribution < -0.4 is 0 Å². The van der Waals surface area contributed by atoms with Crippen LogP contribution in [-0.4, -0.2) is 22.2 Å². The monoisotopic (exact) mass is 454 g/mol. The maximum Gasteiger partial charge on any atom is 0.307 e. The first-order valence-corrected chi connectivity index (χ1v) is 13.7. The number of unbranched alkanes of at least 4 members (excludes halogenated alkanes) is 10. The van der Waals surface area contributed by atoms with Crippen LogP contribution in [-0.2, 0) is 9.59 Å². The maximum absolute atomic E-state index is 12.6. The number of hydrogen-bond acceptors (Lipinski definition) is 2. The zero-order valence-electron chi connectivity index (χ0n) is 22.0. The van der Waals surface area contributed by atoms with Gasteiger partial charge in [0.1, 0.15) is 0 Å². The molecule has 0 rings (SSSR count). The lowest BCUT2D eigenvalue weighted by atomic mass is 9.55. The van der Waals surface area contributed by atoms with Crippen LogP contribution in [0.4, 0.5) is 0 Å². The molecular weight excluding hydrogens is 400 g/mol. The van der Waals surface area contributed by atoms with Gasteiger partial charge in [-0.25, -0.2) is 0 Å². The zero-order chi connectivity index (χ0) is 24.4. The molecule has 0 saturated carbocycles. The average Bonchev–Trinajstić information content (AvgIpc) is 2.76. The number of rotatable bonds is 22. The van der Waals surface area contributed by atoms with Crippen molar-refractivity contribution in [2.24, 2.45) is 23.2 Å². The maximum atomic E-state index is 12.6. The topological polar surface area (TPSA) is 74.6 Å². The Balaban J connectivity index is 4.98. The molecule has 0 heterocycles. The van der Waals surface area contributed by atoms with Crippen LogP contribution in [0.25, 0.3) is 0 Å². The fourth-order valence-corrected chi connectivity index (χ4v) is 5.77. The molecule has 0 aliphatic rings. The summed E-state index contributed by atoms with van der Waals surface area (Å²) in [5.41, 5.74) is -0.113. The molecule has 0 amide bonds. The Morgan fingerprint density at radius 3 is 1.62 bits per heavy atom. The van der Waals surface area contributed by atoms with Gasteiger partial charge in [-0.05, 0) is 36.5 Å². The quantitative estimate of drug-likeness (QED) is 0.160. The summed E-state index contributed by atoms with van der Waals surface area (Å²) in [6.07, 6.45) is 17.5. The number of carboxylic acids is 2. The summed E-state index contributed by atoms with van der Waals surface area (Å²) >= 11 is 0. The average molecular weight is 455 g/mol. The van der Waals surface area contributed by atoms with E-state index in [-0.39, 0.29) is 17.8 Å². The van der Waals surface area contributed by atoms with Gasteiger partial charge in [-0.1, -0.05) is 118 Å². The second-order valence-electron chi connectivity index (χ2n) is 10.2. The van der Waals surface area contributed by atoms with Crippen molar-refractivity contribution < 1.29 is 19.8 Å². The first-order valence-electron chi connectivity index (χ1n) is 13.7. The van der Waals surface area contributed by atoms with Gasteiger partial charge in [0.15, 0.2) is 0 Å². The lowest BCUT2D eigenvalue weighted by Crippen LogP contribution is -2.46. The molecule has 4 nitrogen and oxygen atoms in total. The Bertz CT molecular complexity index is 478. The van der Waals surface area contributed by atoms with Crippen LogP contribution in [0.2, 0.25) is 0 Å². The summed E-state index contributed by atoms with van der Waals surface area (Å²) < 4.78 is 0. The number of aliphatic carboxylic acids is 2. The molecule has 0 fully saturated rings. The van der Waals surface area contributed by atoms with Crippen LogP contribution in [0.1, 0.15) is 144 Å². The van der Waals surface area contributed by atoms with E-state index in [1.165, 1.54) is 25.7 Å². The Morgan fingerprint density at radius 1 is 0.688 bits per heavy atom. The van der Waals surface area contributed by atoms with E-state index in [2.05, 4.69) is 34.6 Å². The summed E-state index contributed by atoms with van der Waals surface area (Å²) in [5, 5.41) is 19.0. The van der Waals surface area contributed by atoms with Crippen LogP contribution in [0.5, 0.6) is 0 Å². The molecule has 0 aliphatic carbocycles. The lowest BCUT2D eigenvalue weighted by Gasteiger charge is -2.48. The van der Waals surface area contributed by atoms with Gasteiger partial charge in [-0.3, -0.25) is 9.59 Å². The van der Waals surface area contributed by atoms with E-state index in [0.717, 1.165) is 77.0 Å². The summed E-state index contributed by atoms with van der Waals surface area (Å²) in [6.45, 7) is 11.3. The Kier molecular flexibility index (Phi) is 17.8. The third kappa shape index (κ3) is 11.2. The third-order valence-corrected chi connectivity index (χ3v) is 8.10. The van der Waals surface area contributed by atoms with Crippen molar-refractivity contribution in [2.45, 2.75) is 144 Å². The molecule has 0 aliphatic heterocycles. The minimum Gasteiger partial charge on any atom is -0.481 e. The highest BCUT2D eigenvalue weighted by Gasteiger charge is 2.48. The first-order chi connectivity index (χ1) is 15.3. The predicted octanol–water partition coefficient (Wildman–Crippen LogP) is 8.72. The van der Waals surface area contributed by atoms with Gasteiger partial charge in [-0.2, -0.15) is 0 Å². The van der Waals surface area contributed by atoms with E-state index in [0.29, 0.717) is 11.8 Å². The van der Waals surface area contributed by atoms with Crippen LogP contribution in [0, 0.1) is 23.2 Å². The fourth-order valence-electron chi connectivity index (χ4n) is 5.77. The van der Waals surface area contributed by atoms with Gasteiger partial charge in [-0.15, -0.1) is 0 Å². The van der Waals surface area contributed by atoms with Gasteiger partial charge >= 0.3 is 11.9 Å². The van der Waals surface area contributed by atoms with E-state index in [9.17, 15) is 14.7 Å². The smallest absolute Gasteiger partial charge is 0.307 e. The van der Waals surface area contributed by atoms with Crippen LogP contribution >= 0.6 is 0 Å². The molecule has 0 aromatic rings. The second-order valence-corrected chi connectivity index (χ2v) is 10.2. The molecule has 4 heteroatoms. The van der Waals surface area contributed by atoms with E-state index in [1.54, 1.807) is 0 Å². The van der Waals surface area contributed by atoms with Crippen molar-refractivity contribution in [3.8, 4) is 0 Å². The summed E-state index contributed by atoms with van der Waals surface area (Å²) in [7, 11) is 0. The zero-order valence-corrected chi connectivity index (χ0v) is 22.0. The minimum atomic E-state index is -0.707. The molecule has 0 aromatic heterocycles. The normalized spacial score (nSPS) is 16.3. The Morgan fingerprint density at radius 2 is 1.16 bits per heavy atom. The molecule has 0 saturated heterocycles. The SMILES string of the molecule is CCCCCCCC(C(C)CC)(C(C)CC)C(CCCCCCCCCC(=O)O)C(=O)O. The third-order valence-electron chi connectivity index (χ3n) is 8.10. The number of carbonyl (C=O) groups is 2. The van der Waals surface area contributed by atoms with Gasteiger partial charge in [0, 0.05) is 6.42 Å². The largest absolute Gasteiger partial charge is 0.481 e. The molecule has 0 radical (unpaired) electrons. The molecule has 190 valence electrons. The van der Waals surface area contributed by atoms with E-state index in [1.807, 2.05) is 0 Å².